The molecule has 0 spiro atoms. The predicted octanol–water partition coefficient (Wildman–Crippen LogP) is 2.65. The number of hydrogen-bond donors (Lipinski definition) is 2. The fourth-order valence-electron chi connectivity index (χ4n) is 3.70. The Morgan fingerprint density at radius 2 is 2.08 bits per heavy atom. The minimum atomic E-state index is -1.34. The Balaban J connectivity index is 1.97. The van der Waals surface area contributed by atoms with Crippen LogP contribution in [-0.2, 0) is 0 Å². The minimum Gasteiger partial charge on any atom is -0.477 e. The summed E-state index contributed by atoms with van der Waals surface area (Å²) in [5, 5.41) is 18.7. The van der Waals surface area contributed by atoms with Gasteiger partial charge in [0.05, 0.1) is 21.6 Å². The highest BCUT2D eigenvalue weighted by Crippen LogP contribution is 2.42. The highest BCUT2D eigenvalue weighted by atomic mass is 35.5. The molecule has 2 fully saturated rings. The normalized spacial score (nSPS) is 20.1. The van der Waals surface area contributed by atoms with Gasteiger partial charge in [-0.1, -0.05) is 11.6 Å². The Kier molecular flexibility index (Phi) is 4.16. The molecular formula is C18H18ClFN2O4. The van der Waals surface area contributed by atoms with Gasteiger partial charge in [-0.05, 0) is 25.3 Å². The first-order valence-electron chi connectivity index (χ1n) is 8.58. The molecule has 2 heterocycles. The summed E-state index contributed by atoms with van der Waals surface area (Å²) < 4.78 is 16.5. The molecular weight excluding hydrogens is 363 g/mol. The summed E-state index contributed by atoms with van der Waals surface area (Å²) >= 11 is 6.55. The van der Waals surface area contributed by atoms with Crippen LogP contribution in [0.4, 0.5) is 10.1 Å². The van der Waals surface area contributed by atoms with Crippen LogP contribution in [0.25, 0.3) is 10.9 Å². The summed E-state index contributed by atoms with van der Waals surface area (Å²) in [6.07, 6.45) is 3.77. The van der Waals surface area contributed by atoms with Crippen LogP contribution in [0, 0.1) is 11.7 Å². The van der Waals surface area contributed by atoms with Gasteiger partial charge in [0.15, 0.2) is 0 Å². The van der Waals surface area contributed by atoms with E-state index in [0.717, 1.165) is 25.3 Å². The van der Waals surface area contributed by atoms with Crippen molar-refractivity contribution in [3.63, 3.8) is 0 Å². The molecule has 2 aromatic rings. The number of aliphatic hydroxyl groups is 1. The first-order chi connectivity index (χ1) is 12.4. The number of pyridine rings is 1. The zero-order valence-electron chi connectivity index (χ0n) is 13.9. The molecule has 0 amide bonds. The molecule has 1 aliphatic carbocycles. The lowest BCUT2D eigenvalue weighted by Gasteiger charge is -2.23. The molecule has 1 saturated carbocycles. The number of rotatable bonds is 4. The van der Waals surface area contributed by atoms with Crippen molar-refractivity contribution in [2.24, 2.45) is 5.92 Å². The highest BCUT2D eigenvalue weighted by molar-refractivity contribution is 6.38. The molecule has 4 rings (SSSR count). The van der Waals surface area contributed by atoms with Crippen molar-refractivity contribution < 1.29 is 19.4 Å². The van der Waals surface area contributed by atoms with Crippen LogP contribution in [0.5, 0.6) is 0 Å². The van der Waals surface area contributed by atoms with Gasteiger partial charge in [-0.25, -0.2) is 9.18 Å². The third-order valence-corrected chi connectivity index (χ3v) is 5.57. The number of anilines is 1. The van der Waals surface area contributed by atoms with E-state index in [2.05, 4.69) is 0 Å². The number of hydrogen-bond acceptors (Lipinski definition) is 4. The zero-order chi connectivity index (χ0) is 18.6. The van der Waals surface area contributed by atoms with Crippen LogP contribution in [0.2, 0.25) is 5.02 Å². The van der Waals surface area contributed by atoms with Crippen molar-refractivity contribution in [1.29, 1.82) is 0 Å². The number of carboxylic acids is 1. The van der Waals surface area contributed by atoms with Gasteiger partial charge in [-0.15, -0.1) is 0 Å². The van der Waals surface area contributed by atoms with Crippen molar-refractivity contribution in [1.82, 2.24) is 4.57 Å². The molecule has 138 valence electrons. The first kappa shape index (κ1) is 17.3. The summed E-state index contributed by atoms with van der Waals surface area (Å²) in [4.78, 5) is 25.7. The second-order valence-corrected chi connectivity index (χ2v) is 7.39. The fraction of sp³-hybridized carbons (Fsp3) is 0.444. The third kappa shape index (κ3) is 2.66. The number of benzene rings is 1. The quantitative estimate of drug-likeness (QED) is 0.852. The number of carbonyl (C=O) groups is 1. The molecule has 1 saturated heterocycles. The molecule has 8 heteroatoms. The van der Waals surface area contributed by atoms with Gasteiger partial charge in [-0.2, -0.15) is 0 Å². The van der Waals surface area contributed by atoms with E-state index in [1.807, 2.05) is 0 Å². The van der Waals surface area contributed by atoms with Gasteiger partial charge < -0.3 is 19.7 Å². The highest BCUT2D eigenvalue weighted by Gasteiger charge is 2.32. The van der Waals surface area contributed by atoms with Crippen LogP contribution in [0.15, 0.2) is 17.1 Å². The Morgan fingerprint density at radius 3 is 2.65 bits per heavy atom. The molecule has 6 nitrogen and oxygen atoms in total. The number of halogens is 2. The lowest BCUT2D eigenvalue weighted by Crippen LogP contribution is -2.24. The van der Waals surface area contributed by atoms with Gasteiger partial charge in [0, 0.05) is 37.9 Å². The van der Waals surface area contributed by atoms with E-state index in [4.69, 9.17) is 11.6 Å². The summed E-state index contributed by atoms with van der Waals surface area (Å²) in [5.74, 6) is -1.93. The number of carboxylic acid groups (broad SMARTS) is 1. The standard InChI is InChI=1S/C18H18ClFN2O4/c19-14-15-11(5-13(20)16(14)21-4-3-9(6-21)8-23)17(24)12(18(25)26)7-22(15)10-1-2-10/h5,7,9-10,23H,1-4,6,8H2,(H,25,26)/t9-/m1/s1. The van der Waals surface area contributed by atoms with Gasteiger partial charge in [0.25, 0.3) is 0 Å². The predicted molar refractivity (Wildman–Crippen MR) is 95.8 cm³/mol. The number of nitrogens with zero attached hydrogens (tertiary/aromatic N) is 2. The number of aliphatic hydroxyl groups excluding tert-OH is 1. The fourth-order valence-corrected chi connectivity index (χ4v) is 4.11. The monoisotopic (exact) mass is 380 g/mol. The van der Waals surface area contributed by atoms with E-state index >= 15 is 0 Å². The molecule has 26 heavy (non-hydrogen) atoms. The molecule has 1 aromatic heterocycles. The van der Waals surface area contributed by atoms with E-state index in [9.17, 15) is 24.2 Å². The first-order valence-corrected chi connectivity index (χ1v) is 8.96. The lowest BCUT2D eigenvalue weighted by molar-refractivity contribution is 0.0695. The van der Waals surface area contributed by atoms with E-state index in [1.165, 1.54) is 6.20 Å². The van der Waals surface area contributed by atoms with Gasteiger partial charge >= 0.3 is 5.97 Å². The molecule has 2 aliphatic rings. The summed E-state index contributed by atoms with van der Waals surface area (Å²) in [6, 6.07) is 1.16. The van der Waals surface area contributed by atoms with Crippen LogP contribution in [-0.4, -0.2) is 40.4 Å². The van der Waals surface area contributed by atoms with Gasteiger partial charge in [0.1, 0.15) is 11.4 Å². The molecule has 2 N–H and O–H groups in total. The summed E-state index contributed by atoms with van der Waals surface area (Å²) in [5.41, 5.74) is -0.513. The Morgan fingerprint density at radius 1 is 1.35 bits per heavy atom. The molecule has 1 aliphatic heterocycles. The number of aromatic nitrogens is 1. The number of fused-ring (bicyclic) bond motifs is 1. The maximum Gasteiger partial charge on any atom is 0.341 e. The Bertz CT molecular complexity index is 970. The topological polar surface area (TPSA) is 82.8 Å². The van der Waals surface area contributed by atoms with Crippen molar-refractivity contribution in [2.75, 3.05) is 24.6 Å². The van der Waals surface area contributed by atoms with Crippen LogP contribution < -0.4 is 10.3 Å². The smallest absolute Gasteiger partial charge is 0.341 e. The van der Waals surface area contributed by atoms with E-state index in [1.54, 1.807) is 9.47 Å². The SMILES string of the molecule is O=C(O)c1cn(C2CC2)c2c(Cl)c(N3CC[C@@H](CO)C3)c(F)cc2c1=O. The largest absolute Gasteiger partial charge is 0.477 e. The maximum atomic E-state index is 14.8. The van der Waals surface area contributed by atoms with Crippen molar-refractivity contribution in [2.45, 2.75) is 25.3 Å². The second-order valence-electron chi connectivity index (χ2n) is 7.02. The molecule has 1 atom stereocenters. The summed E-state index contributed by atoms with van der Waals surface area (Å²) in [6.45, 7) is 1.08. The van der Waals surface area contributed by atoms with Crippen molar-refractivity contribution in [3.8, 4) is 0 Å². The molecule has 0 unspecified atom stereocenters. The summed E-state index contributed by atoms with van der Waals surface area (Å²) in [7, 11) is 0. The zero-order valence-corrected chi connectivity index (χ0v) is 14.7. The van der Waals surface area contributed by atoms with Crippen LogP contribution in [0.1, 0.15) is 35.7 Å². The van der Waals surface area contributed by atoms with Crippen molar-refractivity contribution in [3.05, 3.63) is 38.9 Å². The molecule has 0 bridgehead atoms. The van der Waals surface area contributed by atoms with E-state index in [0.29, 0.717) is 18.6 Å². The Hall–Kier alpha value is -2.12. The van der Waals surface area contributed by atoms with E-state index in [-0.39, 0.29) is 40.2 Å². The van der Waals surface area contributed by atoms with Crippen LogP contribution >= 0.6 is 11.6 Å². The maximum absolute atomic E-state index is 14.8. The average molecular weight is 381 g/mol. The van der Waals surface area contributed by atoms with Gasteiger partial charge in [-0.3, -0.25) is 4.79 Å². The van der Waals surface area contributed by atoms with Crippen LogP contribution in [0.3, 0.4) is 0 Å². The average Bonchev–Trinajstić information content (AvgIpc) is 3.33. The van der Waals surface area contributed by atoms with Gasteiger partial charge in [0.2, 0.25) is 5.43 Å². The van der Waals surface area contributed by atoms with E-state index < -0.39 is 17.2 Å². The number of aromatic carboxylic acids is 1. The minimum absolute atomic E-state index is 0.0130. The second kappa shape index (κ2) is 6.25. The van der Waals surface area contributed by atoms with Crippen molar-refractivity contribution >= 4 is 34.2 Å². The third-order valence-electron chi connectivity index (χ3n) is 5.21. The lowest BCUT2D eigenvalue weighted by atomic mass is 10.1. The molecule has 1 aromatic carbocycles. The Labute approximate surface area is 153 Å². The molecule has 0 radical (unpaired) electrons.